The molecule has 0 atom stereocenters. The average Bonchev–Trinajstić information content (AvgIpc) is 2.28. The lowest BCUT2D eigenvalue weighted by Crippen LogP contribution is -2.53. The summed E-state index contributed by atoms with van der Waals surface area (Å²) in [5, 5.41) is 2.35. The van der Waals surface area contributed by atoms with E-state index < -0.39 is 5.60 Å². The largest absolute Gasteiger partial charge is 0.376 e. The molecule has 17 heavy (non-hydrogen) atoms. The Labute approximate surface area is 106 Å². The maximum absolute atomic E-state index is 11.9. The second-order valence-corrected chi connectivity index (χ2v) is 4.84. The van der Waals surface area contributed by atoms with Gasteiger partial charge in [-0.05, 0) is 44.8 Å². The van der Waals surface area contributed by atoms with E-state index in [1.54, 1.807) is 6.92 Å². The van der Waals surface area contributed by atoms with E-state index in [1.807, 2.05) is 0 Å². The molecule has 0 aromatic rings. The molecule has 0 spiro atoms. The van der Waals surface area contributed by atoms with E-state index in [9.17, 15) is 9.59 Å². The van der Waals surface area contributed by atoms with Crippen molar-refractivity contribution in [3.63, 3.8) is 0 Å². The van der Waals surface area contributed by atoms with Gasteiger partial charge in [0.05, 0.1) is 0 Å². The molecule has 6 heteroatoms. The molecule has 0 radical (unpaired) electrons. The van der Waals surface area contributed by atoms with Gasteiger partial charge < -0.3 is 15.8 Å². The van der Waals surface area contributed by atoms with Gasteiger partial charge in [-0.25, -0.2) is 0 Å². The van der Waals surface area contributed by atoms with Crippen molar-refractivity contribution in [1.82, 2.24) is 5.32 Å². The number of carbonyl (C=O) groups is 2. The van der Waals surface area contributed by atoms with Crippen molar-refractivity contribution < 1.29 is 14.3 Å². The van der Waals surface area contributed by atoms with Gasteiger partial charge in [-0.15, -0.1) is 0 Å². The number of Topliss-reactive ketones (excluding diaryl/α,β-unsaturated/α-hetero) is 1. The van der Waals surface area contributed by atoms with Crippen LogP contribution in [0.1, 0.15) is 32.6 Å². The predicted molar refractivity (Wildman–Crippen MR) is 67.3 cm³/mol. The van der Waals surface area contributed by atoms with E-state index in [-0.39, 0.29) is 22.7 Å². The van der Waals surface area contributed by atoms with Gasteiger partial charge in [0.2, 0.25) is 0 Å². The molecule has 0 bridgehead atoms. The first-order valence-electron chi connectivity index (χ1n) is 5.58. The van der Waals surface area contributed by atoms with Gasteiger partial charge in [0.15, 0.2) is 5.11 Å². The van der Waals surface area contributed by atoms with Crippen molar-refractivity contribution >= 4 is 29.0 Å². The summed E-state index contributed by atoms with van der Waals surface area (Å²) in [6.45, 7) is 1.58. The molecule has 1 aliphatic carbocycles. The van der Waals surface area contributed by atoms with E-state index in [2.05, 4.69) is 17.5 Å². The number of rotatable bonds is 3. The normalized spacial score (nSPS) is 28.5. The first-order chi connectivity index (χ1) is 7.91. The molecule has 0 heterocycles. The second kappa shape index (κ2) is 5.55. The van der Waals surface area contributed by atoms with E-state index in [0.29, 0.717) is 25.7 Å². The summed E-state index contributed by atoms with van der Waals surface area (Å²) in [5.41, 5.74) is 4.39. The number of nitrogens with two attached hydrogens (primary N) is 1. The van der Waals surface area contributed by atoms with E-state index in [1.165, 1.54) is 7.11 Å². The number of thiocarbonyl (C=S) groups is 1. The Kier molecular flexibility index (Phi) is 4.59. The second-order valence-electron chi connectivity index (χ2n) is 4.40. The Balaban J connectivity index is 2.70. The third-order valence-corrected chi connectivity index (χ3v) is 3.51. The van der Waals surface area contributed by atoms with Crippen LogP contribution in [0, 0.1) is 5.92 Å². The van der Waals surface area contributed by atoms with Gasteiger partial charge in [-0.3, -0.25) is 9.59 Å². The van der Waals surface area contributed by atoms with Crippen LogP contribution in [0.4, 0.5) is 0 Å². The summed E-state index contributed by atoms with van der Waals surface area (Å²) >= 11 is 4.64. The van der Waals surface area contributed by atoms with Crippen LogP contribution in [0.2, 0.25) is 0 Å². The van der Waals surface area contributed by atoms with Crippen molar-refractivity contribution in [2.45, 2.75) is 38.2 Å². The molecule has 3 N–H and O–H groups in total. The van der Waals surface area contributed by atoms with Gasteiger partial charge in [0, 0.05) is 13.0 Å². The SMILES string of the molecule is COC1(C(=O)NC(N)=S)CCC(C(C)=O)CC1. The lowest BCUT2D eigenvalue weighted by atomic mass is 9.77. The fraction of sp³-hybridized carbons (Fsp3) is 0.727. The van der Waals surface area contributed by atoms with Crippen LogP contribution in [0.25, 0.3) is 0 Å². The molecule has 0 aliphatic heterocycles. The van der Waals surface area contributed by atoms with Gasteiger partial charge >= 0.3 is 0 Å². The Bertz CT molecular complexity index is 336. The van der Waals surface area contributed by atoms with Crippen molar-refractivity contribution in [3.05, 3.63) is 0 Å². The Morgan fingerprint density at radius 3 is 2.29 bits per heavy atom. The zero-order chi connectivity index (χ0) is 13.1. The first-order valence-corrected chi connectivity index (χ1v) is 5.98. The minimum absolute atomic E-state index is 0.0379. The highest BCUT2D eigenvalue weighted by Gasteiger charge is 2.43. The van der Waals surface area contributed by atoms with E-state index >= 15 is 0 Å². The molecular formula is C11H18N2O3S. The third kappa shape index (κ3) is 3.23. The minimum atomic E-state index is -0.893. The molecule has 1 saturated carbocycles. The number of nitrogens with one attached hydrogen (secondary N) is 1. The molecule has 96 valence electrons. The number of ketones is 1. The van der Waals surface area contributed by atoms with Crippen LogP contribution >= 0.6 is 12.2 Å². The highest BCUT2D eigenvalue weighted by atomic mass is 32.1. The van der Waals surface area contributed by atoms with Crippen LogP contribution in [-0.4, -0.2) is 29.5 Å². The molecular weight excluding hydrogens is 240 g/mol. The number of hydrogen-bond donors (Lipinski definition) is 2. The summed E-state index contributed by atoms with van der Waals surface area (Å²) in [7, 11) is 1.49. The van der Waals surface area contributed by atoms with Crippen molar-refractivity contribution in [3.8, 4) is 0 Å². The van der Waals surface area contributed by atoms with Crippen molar-refractivity contribution in [1.29, 1.82) is 0 Å². The summed E-state index contributed by atoms with van der Waals surface area (Å²) in [6, 6.07) is 0. The minimum Gasteiger partial charge on any atom is -0.376 e. The average molecular weight is 258 g/mol. The summed E-state index contributed by atoms with van der Waals surface area (Å²) in [5.74, 6) is -0.102. The maximum Gasteiger partial charge on any atom is 0.258 e. The Hall–Kier alpha value is -1.01. The molecule has 0 aromatic heterocycles. The van der Waals surface area contributed by atoms with Crippen LogP contribution in [0.3, 0.4) is 0 Å². The molecule has 5 nitrogen and oxygen atoms in total. The highest BCUT2D eigenvalue weighted by molar-refractivity contribution is 7.80. The molecule has 1 aliphatic rings. The topological polar surface area (TPSA) is 81.4 Å². The molecule has 1 amide bonds. The van der Waals surface area contributed by atoms with Gasteiger partial charge in [-0.1, -0.05) is 0 Å². The van der Waals surface area contributed by atoms with E-state index in [4.69, 9.17) is 10.5 Å². The maximum atomic E-state index is 11.9. The zero-order valence-electron chi connectivity index (χ0n) is 10.1. The van der Waals surface area contributed by atoms with Crippen molar-refractivity contribution in [2.75, 3.05) is 7.11 Å². The first kappa shape index (κ1) is 14.1. The lowest BCUT2D eigenvalue weighted by molar-refractivity contribution is -0.148. The number of methoxy groups -OCH3 is 1. The fourth-order valence-corrected chi connectivity index (χ4v) is 2.33. The molecule has 0 aromatic carbocycles. The molecule has 0 unspecified atom stereocenters. The zero-order valence-corrected chi connectivity index (χ0v) is 10.9. The Morgan fingerprint density at radius 1 is 1.41 bits per heavy atom. The predicted octanol–water partition coefficient (Wildman–Crippen LogP) is 0.511. The van der Waals surface area contributed by atoms with Crippen LogP contribution in [-0.2, 0) is 14.3 Å². The third-order valence-electron chi connectivity index (χ3n) is 3.41. The standard InChI is InChI=1S/C11H18N2O3S/c1-7(14)8-3-5-11(16-2,6-4-8)9(15)13-10(12)17/h8H,3-6H2,1-2H3,(H3,12,13,15,17). The smallest absolute Gasteiger partial charge is 0.258 e. The highest BCUT2D eigenvalue weighted by Crippen LogP contribution is 2.35. The lowest BCUT2D eigenvalue weighted by Gasteiger charge is -2.36. The van der Waals surface area contributed by atoms with Gasteiger partial charge in [-0.2, -0.15) is 0 Å². The van der Waals surface area contributed by atoms with Crippen molar-refractivity contribution in [2.24, 2.45) is 11.7 Å². The summed E-state index contributed by atoms with van der Waals surface area (Å²) in [4.78, 5) is 23.2. The van der Waals surface area contributed by atoms with Crippen LogP contribution in [0.15, 0.2) is 0 Å². The van der Waals surface area contributed by atoms with Crippen LogP contribution < -0.4 is 11.1 Å². The number of carbonyl (C=O) groups excluding carboxylic acids is 2. The molecule has 1 fully saturated rings. The number of amides is 1. The molecule has 1 rings (SSSR count). The van der Waals surface area contributed by atoms with Gasteiger partial charge in [0.1, 0.15) is 11.4 Å². The van der Waals surface area contributed by atoms with Crippen LogP contribution in [0.5, 0.6) is 0 Å². The van der Waals surface area contributed by atoms with Gasteiger partial charge in [0.25, 0.3) is 5.91 Å². The Morgan fingerprint density at radius 2 is 1.94 bits per heavy atom. The number of ether oxygens (including phenoxy) is 1. The fourth-order valence-electron chi connectivity index (χ4n) is 2.24. The summed E-state index contributed by atoms with van der Waals surface area (Å²) in [6.07, 6.45) is 2.35. The van der Waals surface area contributed by atoms with E-state index in [0.717, 1.165) is 0 Å². The summed E-state index contributed by atoms with van der Waals surface area (Å²) < 4.78 is 5.33. The monoisotopic (exact) mass is 258 g/mol. The quantitative estimate of drug-likeness (QED) is 0.721. The molecule has 0 saturated heterocycles. The number of hydrogen-bond acceptors (Lipinski definition) is 4.